The van der Waals surface area contributed by atoms with Crippen LogP contribution in [0.4, 0.5) is 4.79 Å². The van der Waals surface area contributed by atoms with Gasteiger partial charge in [0, 0.05) is 25.2 Å². The minimum absolute atomic E-state index is 0.106. The van der Waals surface area contributed by atoms with Gasteiger partial charge in [0.15, 0.2) is 0 Å². The van der Waals surface area contributed by atoms with Crippen molar-refractivity contribution in [2.24, 2.45) is 0 Å². The smallest absolute Gasteiger partial charge is 0.415 e. The largest absolute Gasteiger partial charge is 0.428 e. The highest BCUT2D eigenvalue weighted by Crippen LogP contribution is 2.29. The first-order valence-electron chi connectivity index (χ1n) is 10.5. The first-order chi connectivity index (χ1) is 15.3. The number of amides is 2. The van der Waals surface area contributed by atoms with Crippen molar-refractivity contribution in [1.82, 2.24) is 10.2 Å². The molecule has 0 aliphatic rings. The summed E-state index contributed by atoms with van der Waals surface area (Å²) < 4.78 is 10.5. The van der Waals surface area contributed by atoms with Crippen molar-refractivity contribution >= 4 is 24.0 Å². The van der Waals surface area contributed by atoms with Gasteiger partial charge in [-0.05, 0) is 36.6 Å². The van der Waals surface area contributed by atoms with Crippen LogP contribution in [0.2, 0.25) is 0 Å². The molecule has 0 saturated carbocycles. The fourth-order valence-electron chi connectivity index (χ4n) is 3.23. The highest BCUT2D eigenvalue weighted by atomic mass is 16.6. The molecule has 0 bridgehead atoms. The number of carbonyl (C=O) groups excluding carboxylic acids is 3. The topological polar surface area (TPSA) is 84.9 Å². The predicted molar refractivity (Wildman–Crippen MR) is 123 cm³/mol. The van der Waals surface area contributed by atoms with Crippen LogP contribution in [0, 0.1) is 0 Å². The number of nitrogens with zero attached hydrogens (tertiary/aromatic N) is 1. The van der Waals surface area contributed by atoms with Crippen molar-refractivity contribution in [3.8, 4) is 11.5 Å². The van der Waals surface area contributed by atoms with E-state index in [4.69, 9.17) is 9.47 Å². The Morgan fingerprint density at radius 2 is 1.91 bits per heavy atom. The number of nitrogens with one attached hydrogen (secondary N) is 1. The van der Waals surface area contributed by atoms with Gasteiger partial charge < -0.3 is 19.7 Å². The first kappa shape index (κ1) is 24.7. The summed E-state index contributed by atoms with van der Waals surface area (Å²) in [5.74, 6) is 0.399. The third-order valence-electron chi connectivity index (χ3n) is 4.99. The molecule has 0 fully saturated rings. The lowest BCUT2D eigenvalue weighted by Crippen LogP contribution is -2.46. The van der Waals surface area contributed by atoms with Crippen LogP contribution in [-0.4, -0.2) is 43.0 Å². The Morgan fingerprint density at radius 3 is 2.53 bits per heavy atom. The molecule has 0 aromatic heterocycles. The van der Waals surface area contributed by atoms with Crippen LogP contribution in [-0.2, 0) is 16.0 Å². The van der Waals surface area contributed by atoms with Crippen LogP contribution >= 0.6 is 0 Å². The average molecular weight is 439 g/mol. The zero-order valence-electron chi connectivity index (χ0n) is 18.8. The van der Waals surface area contributed by atoms with E-state index in [-0.39, 0.29) is 29.9 Å². The van der Waals surface area contributed by atoms with Crippen LogP contribution in [0.3, 0.4) is 0 Å². The molecule has 2 aromatic rings. The van der Waals surface area contributed by atoms with Gasteiger partial charge in [0.2, 0.25) is 5.91 Å². The van der Waals surface area contributed by atoms with Crippen LogP contribution in [0.15, 0.2) is 55.1 Å². The van der Waals surface area contributed by atoms with E-state index in [0.29, 0.717) is 30.6 Å². The molecule has 1 atom stereocenters. The summed E-state index contributed by atoms with van der Waals surface area (Å²) in [6, 6.07) is 14.0. The van der Waals surface area contributed by atoms with E-state index in [2.05, 4.69) is 11.9 Å². The fraction of sp³-hybridized carbons (Fsp3) is 0.320. The maximum atomic E-state index is 12.7. The molecular formula is C25H30N2O5. The molecule has 0 aliphatic carbocycles. The number of likely N-dealkylation sites (N-methyl/N-ethyl adjacent to an activating group) is 1. The zero-order valence-corrected chi connectivity index (χ0v) is 18.8. The summed E-state index contributed by atoms with van der Waals surface area (Å²) in [4.78, 5) is 37.3. The molecule has 2 aromatic carbocycles. The minimum Gasteiger partial charge on any atom is -0.428 e. The fourth-order valence-corrected chi connectivity index (χ4v) is 3.23. The average Bonchev–Trinajstić information content (AvgIpc) is 2.77. The third kappa shape index (κ3) is 7.27. The van der Waals surface area contributed by atoms with Gasteiger partial charge in [-0.25, -0.2) is 4.79 Å². The van der Waals surface area contributed by atoms with Crippen molar-refractivity contribution in [1.29, 1.82) is 0 Å². The molecular weight excluding hydrogens is 408 g/mol. The normalized spacial score (nSPS) is 11.2. The lowest BCUT2D eigenvalue weighted by atomic mass is 10.1. The minimum atomic E-state index is -0.569. The number of rotatable bonds is 11. The zero-order chi connectivity index (χ0) is 23.5. The molecule has 0 spiro atoms. The summed E-state index contributed by atoms with van der Waals surface area (Å²) in [5, 5.41) is 2.90. The number of hydrogen-bond acceptors (Lipinski definition) is 5. The number of benzene rings is 2. The first-order valence-corrected chi connectivity index (χ1v) is 10.5. The number of allylic oxidation sites excluding steroid dienone is 1. The van der Waals surface area contributed by atoms with Crippen molar-refractivity contribution in [2.45, 2.75) is 39.2 Å². The Morgan fingerprint density at radius 1 is 1.19 bits per heavy atom. The maximum absolute atomic E-state index is 12.7. The number of hydrogen-bond donors (Lipinski definition) is 1. The second-order valence-corrected chi connectivity index (χ2v) is 7.54. The van der Waals surface area contributed by atoms with Crippen molar-refractivity contribution in [3.63, 3.8) is 0 Å². The molecule has 32 heavy (non-hydrogen) atoms. The second kappa shape index (κ2) is 12.3. The Balaban J connectivity index is 2.00. The second-order valence-electron chi connectivity index (χ2n) is 7.54. The van der Waals surface area contributed by atoms with Crippen LogP contribution in [0.25, 0.3) is 5.57 Å². The standard InChI is InChI=1S/C25H30N2O5/c1-5-9-20(16-26-24(29)14-19-10-7-6-8-11-19)27(4)25(30)32-21-12-13-22(18(2)3)23(15-21)31-17-28/h6-8,10-13,15,17,20H,2,5,9,14,16H2,1,3-4H3,(H,26,29). The summed E-state index contributed by atoms with van der Waals surface area (Å²) >= 11 is 0. The number of ether oxygens (including phenoxy) is 2. The molecule has 0 aliphatic heterocycles. The number of carbonyl (C=O) groups is 3. The Labute approximate surface area is 189 Å². The van der Waals surface area contributed by atoms with Crippen LogP contribution < -0.4 is 14.8 Å². The molecule has 2 rings (SSSR count). The third-order valence-corrected chi connectivity index (χ3v) is 4.99. The molecule has 1 unspecified atom stereocenters. The van der Waals surface area contributed by atoms with Gasteiger partial charge in [-0.2, -0.15) is 0 Å². The van der Waals surface area contributed by atoms with E-state index in [1.807, 2.05) is 37.3 Å². The van der Waals surface area contributed by atoms with Gasteiger partial charge in [0.05, 0.1) is 12.5 Å². The van der Waals surface area contributed by atoms with Crippen LogP contribution in [0.5, 0.6) is 11.5 Å². The van der Waals surface area contributed by atoms with E-state index in [0.717, 1.165) is 12.0 Å². The highest BCUT2D eigenvalue weighted by Gasteiger charge is 2.22. The van der Waals surface area contributed by atoms with E-state index < -0.39 is 6.09 Å². The molecule has 7 heteroatoms. The Hall–Kier alpha value is -3.61. The van der Waals surface area contributed by atoms with Gasteiger partial charge in [-0.3, -0.25) is 9.59 Å². The van der Waals surface area contributed by atoms with Crippen molar-refractivity contribution < 1.29 is 23.9 Å². The van der Waals surface area contributed by atoms with Gasteiger partial charge in [0.25, 0.3) is 6.47 Å². The summed E-state index contributed by atoms with van der Waals surface area (Å²) in [6.45, 7) is 8.28. The highest BCUT2D eigenvalue weighted by molar-refractivity contribution is 5.78. The SMILES string of the molecule is C=C(C)c1ccc(OC(=O)N(C)C(CCC)CNC(=O)Cc2ccccc2)cc1OC=O. The molecule has 0 saturated heterocycles. The predicted octanol–water partition coefficient (Wildman–Crippen LogP) is 4.21. The lowest BCUT2D eigenvalue weighted by molar-refractivity contribution is -0.121. The Bertz CT molecular complexity index is 943. The molecule has 0 radical (unpaired) electrons. The van der Waals surface area contributed by atoms with Gasteiger partial charge in [0.1, 0.15) is 11.5 Å². The van der Waals surface area contributed by atoms with Gasteiger partial charge in [-0.1, -0.05) is 50.3 Å². The molecule has 7 nitrogen and oxygen atoms in total. The van der Waals surface area contributed by atoms with E-state index in [9.17, 15) is 14.4 Å². The van der Waals surface area contributed by atoms with E-state index >= 15 is 0 Å². The van der Waals surface area contributed by atoms with Gasteiger partial charge >= 0.3 is 6.09 Å². The van der Waals surface area contributed by atoms with E-state index in [1.54, 1.807) is 26.1 Å². The summed E-state index contributed by atoms with van der Waals surface area (Å²) in [7, 11) is 1.64. The molecule has 1 N–H and O–H groups in total. The maximum Gasteiger partial charge on any atom is 0.415 e. The van der Waals surface area contributed by atoms with Crippen LogP contribution in [0.1, 0.15) is 37.8 Å². The lowest BCUT2D eigenvalue weighted by Gasteiger charge is -2.27. The Kier molecular flexibility index (Phi) is 9.47. The van der Waals surface area contributed by atoms with Crippen molar-refractivity contribution in [2.75, 3.05) is 13.6 Å². The van der Waals surface area contributed by atoms with E-state index in [1.165, 1.54) is 11.0 Å². The molecule has 170 valence electrons. The molecule has 0 heterocycles. The van der Waals surface area contributed by atoms with Gasteiger partial charge in [-0.15, -0.1) is 0 Å². The monoisotopic (exact) mass is 438 g/mol. The molecule has 2 amide bonds. The summed E-state index contributed by atoms with van der Waals surface area (Å²) in [6.07, 6.45) is 1.25. The quantitative estimate of drug-likeness (QED) is 0.531. The summed E-state index contributed by atoms with van der Waals surface area (Å²) in [5.41, 5.74) is 2.29. The van der Waals surface area contributed by atoms with Crippen molar-refractivity contribution in [3.05, 3.63) is 66.2 Å².